The minimum absolute atomic E-state index is 0.0264. The van der Waals surface area contributed by atoms with Crippen LogP contribution in [0.1, 0.15) is 19.8 Å². The summed E-state index contributed by atoms with van der Waals surface area (Å²) >= 11 is 2.61. The number of aromatic nitrogens is 3. The van der Waals surface area contributed by atoms with Crippen LogP contribution in [0.4, 0.5) is 5.69 Å². The van der Waals surface area contributed by atoms with Gasteiger partial charge < -0.3 is 14.8 Å². The predicted molar refractivity (Wildman–Crippen MR) is 135 cm³/mol. The third kappa shape index (κ3) is 4.79. The summed E-state index contributed by atoms with van der Waals surface area (Å²) in [6, 6.07) is 11.0. The van der Waals surface area contributed by atoms with E-state index >= 15 is 0 Å². The van der Waals surface area contributed by atoms with Gasteiger partial charge in [0.25, 0.3) is 5.56 Å². The lowest BCUT2D eigenvalue weighted by atomic mass is 10.2. The molecule has 5 rings (SSSR count). The van der Waals surface area contributed by atoms with Crippen molar-refractivity contribution in [3.8, 4) is 5.75 Å². The normalized spacial score (nSPS) is 15.7. The molecule has 1 aliphatic rings. The molecule has 0 saturated carbocycles. The molecule has 10 heteroatoms. The Bertz CT molecular complexity index is 1380. The third-order valence-corrected chi connectivity index (χ3v) is 7.58. The van der Waals surface area contributed by atoms with E-state index in [1.165, 1.54) is 23.1 Å². The molecule has 1 amide bonds. The molecular weight excluding hydrogens is 472 g/mol. The van der Waals surface area contributed by atoms with Crippen molar-refractivity contribution < 1.29 is 14.3 Å². The maximum absolute atomic E-state index is 13.5. The van der Waals surface area contributed by atoms with Crippen LogP contribution < -0.4 is 15.6 Å². The highest BCUT2D eigenvalue weighted by Gasteiger charge is 2.22. The molecule has 176 valence electrons. The van der Waals surface area contributed by atoms with Crippen molar-refractivity contribution >= 4 is 55.1 Å². The van der Waals surface area contributed by atoms with E-state index in [0.29, 0.717) is 40.8 Å². The second kappa shape index (κ2) is 10.1. The number of rotatable bonds is 8. The minimum Gasteiger partial charge on any atom is -0.494 e. The average molecular weight is 497 g/mol. The minimum atomic E-state index is -0.177. The summed E-state index contributed by atoms with van der Waals surface area (Å²) in [4.78, 5) is 36.1. The van der Waals surface area contributed by atoms with E-state index in [9.17, 15) is 9.59 Å². The van der Waals surface area contributed by atoms with Gasteiger partial charge in [-0.2, -0.15) is 0 Å². The van der Waals surface area contributed by atoms with Crippen molar-refractivity contribution in [2.24, 2.45) is 0 Å². The van der Waals surface area contributed by atoms with E-state index in [-0.39, 0.29) is 23.3 Å². The molecule has 0 spiro atoms. The first-order valence-corrected chi connectivity index (χ1v) is 13.0. The second-order valence-electron chi connectivity index (χ2n) is 7.88. The number of nitrogens with zero attached hydrogens (tertiary/aromatic N) is 3. The van der Waals surface area contributed by atoms with E-state index in [1.54, 1.807) is 22.9 Å². The Morgan fingerprint density at radius 3 is 2.94 bits per heavy atom. The van der Waals surface area contributed by atoms with Gasteiger partial charge in [0.05, 0.1) is 30.5 Å². The van der Waals surface area contributed by atoms with Crippen LogP contribution >= 0.6 is 23.1 Å². The van der Waals surface area contributed by atoms with Crippen LogP contribution in [0, 0.1) is 0 Å². The van der Waals surface area contributed by atoms with Crippen molar-refractivity contribution in [3.05, 3.63) is 52.9 Å². The van der Waals surface area contributed by atoms with Crippen molar-refractivity contribution in [3.63, 3.8) is 0 Å². The summed E-state index contributed by atoms with van der Waals surface area (Å²) in [7, 11) is 0. The number of thioether (sulfide) groups is 1. The Morgan fingerprint density at radius 1 is 1.32 bits per heavy atom. The summed E-state index contributed by atoms with van der Waals surface area (Å²) < 4.78 is 13.4. The smallest absolute Gasteiger partial charge is 0.272 e. The number of fused-ring (bicyclic) bond motifs is 3. The maximum atomic E-state index is 13.5. The lowest BCUT2D eigenvalue weighted by Crippen LogP contribution is -2.28. The Labute approximate surface area is 204 Å². The molecule has 1 saturated heterocycles. The Hall–Kier alpha value is -2.95. The van der Waals surface area contributed by atoms with Crippen LogP contribution in [-0.2, 0) is 16.1 Å². The topological polar surface area (TPSA) is 95.3 Å². The summed E-state index contributed by atoms with van der Waals surface area (Å²) in [6.45, 7) is 3.63. The number of anilines is 1. The molecule has 0 aliphatic carbocycles. The first-order valence-electron chi connectivity index (χ1n) is 11.2. The Morgan fingerprint density at radius 2 is 2.18 bits per heavy atom. The highest BCUT2D eigenvalue weighted by atomic mass is 32.2. The van der Waals surface area contributed by atoms with Gasteiger partial charge in [0.15, 0.2) is 5.16 Å². The Balaban J connectivity index is 1.40. The quantitative estimate of drug-likeness (QED) is 0.287. The maximum Gasteiger partial charge on any atom is 0.272 e. The Kier molecular flexibility index (Phi) is 6.80. The fraction of sp³-hybridized carbons (Fsp3) is 0.333. The van der Waals surface area contributed by atoms with E-state index < -0.39 is 0 Å². The van der Waals surface area contributed by atoms with Crippen LogP contribution in [0.25, 0.3) is 20.4 Å². The average Bonchev–Trinajstić information content (AvgIpc) is 3.49. The van der Waals surface area contributed by atoms with Crippen molar-refractivity contribution in [2.75, 3.05) is 24.3 Å². The number of carbonyl (C=O) groups excluding carboxylic acids is 1. The second-order valence-corrected chi connectivity index (χ2v) is 9.82. The number of ether oxygens (including phenoxy) is 2. The zero-order valence-electron chi connectivity index (χ0n) is 18.7. The van der Waals surface area contributed by atoms with Crippen LogP contribution in [0.15, 0.2) is 52.5 Å². The highest BCUT2D eigenvalue weighted by Crippen LogP contribution is 2.31. The number of hydrogen-bond donors (Lipinski definition) is 1. The SMILES string of the molecule is CCOc1ccc(NC(=O)CSc2nc3c(sc4ncccc43)c(=O)n2C[C@H]2CCCO2)cc1. The molecule has 0 unspecified atom stereocenters. The standard InChI is InChI=1S/C24H24N4O4S2/c1-2-31-16-9-7-15(8-10-16)26-19(29)14-33-24-27-20-18-6-3-11-25-22(18)34-21(20)23(30)28(24)13-17-5-4-12-32-17/h3,6-11,17H,2,4-5,12-14H2,1H3,(H,26,29)/t17-/m1/s1. The van der Waals surface area contributed by atoms with Gasteiger partial charge in [-0.3, -0.25) is 14.2 Å². The lowest BCUT2D eigenvalue weighted by Gasteiger charge is -2.15. The molecule has 34 heavy (non-hydrogen) atoms. The van der Waals surface area contributed by atoms with Crippen molar-refractivity contribution in [1.82, 2.24) is 14.5 Å². The van der Waals surface area contributed by atoms with Gasteiger partial charge in [-0.05, 0) is 56.2 Å². The molecule has 1 aromatic carbocycles. The van der Waals surface area contributed by atoms with Gasteiger partial charge in [0.1, 0.15) is 15.3 Å². The molecule has 1 aliphatic heterocycles. The molecule has 3 aromatic heterocycles. The molecule has 0 radical (unpaired) electrons. The number of benzene rings is 1. The number of amides is 1. The molecular formula is C24H24N4O4S2. The van der Waals surface area contributed by atoms with Crippen LogP contribution in [0.2, 0.25) is 0 Å². The number of thiophene rings is 1. The van der Waals surface area contributed by atoms with Gasteiger partial charge in [-0.1, -0.05) is 11.8 Å². The predicted octanol–water partition coefficient (Wildman–Crippen LogP) is 4.31. The van der Waals surface area contributed by atoms with Crippen LogP contribution in [0.3, 0.4) is 0 Å². The molecule has 0 bridgehead atoms. The van der Waals surface area contributed by atoms with Crippen molar-refractivity contribution in [2.45, 2.75) is 37.6 Å². The first kappa shape index (κ1) is 22.8. The van der Waals surface area contributed by atoms with E-state index in [1.807, 2.05) is 31.2 Å². The molecule has 8 nitrogen and oxygen atoms in total. The van der Waals surface area contributed by atoms with Gasteiger partial charge in [-0.15, -0.1) is 11.3 Å². The summed E-state index contributed by atoms with van der Waals surface area (Å²) in [5, 5.41) is 4.25. The fourth-order valence-electron chi connectivity index (χ4n) is 3.93. The third-order valence-electron chi connectivity index (χ3n) is 5.51. The summed E-state index contributed by atoms with van der Waals surface area (Å²) in [5.74, 6) is 0.698. The monoisotopic (exact) mass is 496 g/mol. The van der Waals surface area contributed by atoms with Gasteiger partial charge in [0.2, 0.25) is 5.91 Å². The van der Waals surface area contributed by atoms with E-state index in [0.717, 1.165) is 28.8 Å². The molecule has 1 N–H and O–H groups in total. The number of nitrogens with one attached hydrogen (secondary N) is 1. The molecule has 4 heterocycles. The molecule has 4 aromatic rings. The van der Waals surface area contributed by atoms with Crippen molar-refractivity contribution in [1.29, 1.82) is 0 Å². The number of pyridine rings is 1. The van der Waals surface area contributed by atoms with E-state index in [4.69, 9.17) is 14.5 Å². The summed E-state index contributed by atoms with van der Waals surface area (Å²) in [5.41, 5.74) is 1.21. The highest BCUT2D eigenvalue weighted by molar-refractivity contribution is 7.99. The lowest BCUT2D eigenvalue weighted by molar-refractivity contribution is -0.113. The van der Waals surface area contributed by atoms with E-state index in [2.05, 4.69) is 10.3 Å². The largest absolute Gasteiger partial charge is 0.494 e. The van der Waals surface area contributed by atoms with Gasteiger partial charge in [-0.25, -0.2) is 9.97 Å². The van der Waals surface area contributed by atoms with Gasteiger partial charge in [0, 0.05) is 23.9 Å². The summed E-state index contributed by atoms with van der Waals surface area (Å²) in [6.07, 6.45) is 3.57. The molecule has 1 atom stereocenters. The van der Waals surface area contributed by atoms with Crippen LogP contribution in [-0.4, -0.2) is 45.5 Å². The van der Waals surface area contributed by atoms with Gasteiger partial charge >= 0.3 is 0 Å². The zero-order chi connectivity index (χ0) is 23.5. The first-order chi connectivity index (χ1) is 16.6. The van der Waals surface area contributed by atoms with Crippen LogP contribution in [0.5, 0.6) is 5.75 Å². The zero-order valence-corrected chi connectivity index (χ0v) is 20.3. The number of carbonyl (C=O) groups is 1. The number of hydrogen-bond acceptors (Lipinski definition) is 8. The fourth-order valence-corrected chi connectivity index (χ4v) is 5.77. The molecule has 1 fully saturated rings.